The van der Waals surface area contributed by atoms with Crippen molar-refractivity contribution < 1.29 is 0 Å². The predicted molar refractivity (Wildman–Crippen MR) is 250 cm³/mol. The molecule has 3 nitrogen and oxygen atoms in total. The molecule has 1 aliphatic heterocycles. The molecule has 8 aromatic carbocycles. The molecule has 0 radical (unpaired) electrons. The van der Waals surface area contributed by atoms with E-state index in [1.807, 2.05) is 30.5 Å². The van der Waals surface area contributed by atoms with Crippen molar-refractivity contribution in [1.82, 2.24) is 0 Å². The smallest absolute Gasteiger partial charge is 0.0754 e. The van der Waals surface area contributed by atoms with Crippen molar-refractivity contribution in [2.75, 3.05) is 4.90 Å². The van der Waals surface area contributed by atoms with Crippen LogP contribution in [0.15, 0.2) is 235 Å². The van der Waals surface area contributed by atoms with Crippen LogP contribution in [0.3, 0.4) is 0 Å². The second kappa shape index (κ2) is 14.7. The summed E-state index contributed by atoms with van der Waals surface area (Å²) in [6.45, 7) is 0. The number of hydrogen-bond donors (Lipinski definition) is 1. The fourth-order valence-corrected chi connectivity index (χ4v) is 9.70. The standard InChI is InChI=1S/C57H41N3/c58-53-28-14-10-24-48(53)56(41-33-31-40(32-34-41)39-17-3-1-4-18-39)59-38-43-19-7-8-22-45(43)42-35-36-47-46-23-9-11-25-49(46)57(52(47)37-42)50-26-12-15-29-54(50)60(44-20-5-2-6-21-44)55-30-16-13-27-51(55)57/h1-38,53H,58H2/b56-48-,59-38+. The van der Waals surface area contributed by atoms with Crippen LogP contribution in [0.2, 0.25) is 0 Å². The highest BCUT2D eigenvalue weighted by molar-refractivity contribution is 5.98. The summed E-state index contributed by atoms with van der Waals surface area (Å²) in [4.78, 5) is 7.72. The summed E-state index contributed by atoms with van der Waals surface area (Å²) in [5.41, 5.74) is 25.8. The summed E-state index contributed by atoms with van der Waals surface area (Å²) in [5.74, 6) is 0. The third-order valence-corrected chi connectivity index (χ3v) is 12.4. The lowest BCUT2D eigenvalue weighted by molar-refractivity contribution is 0.753. The number of anilines is 3. The summed E-state index contributed by atoms with van der Waals surface area (Å²) in [5, 5.41) is 0. The van der Waals surface area contributed by atoms with Crippen molar-refractivity contribution in [3.8, 4) is 33.4 Å². The van der Waals surface area contributed by atoms with Gasteiger partial charge in [0.05, 0.1) is 28.5 Å². The van der Waals surface area contributed by atoms with Crippen LogP contribution in [0.25, 0.3) is 39.1 Å². The molecule has 0 aromatic heterocycles. The van der Waals surface area contributed by atoms with Gasteiger partial charge in [0.1, 0.15) is 0 Å². The summed E-state index contributed by atoms with van der Waals surface area (Å²) in [6.07, 6.45) is 10.2. The average Bonchev–Trinajstić information content (AvgIpc) is 3.60. The van der Waals surface area contributed by atoms with Gasteiger partial charge in [-0.3, -0.25) is 4.99 Å². The minimum Gasteiger partial charge on any atom is -0.321 e. The van der Waals surface area contributed by atoms with Gasteiger partial charge in [-0.1, -0.05) is 194 Å². The maximum absolute atomic E-state index is 6.72. The van der Waals surface area contributed by atoms with E-state index in [1.54, 1.807) is 0 Å². The van der Waals surface area contributed by atoms with Crippen LogP contribution in [0.1, 0.15) is 33.4 Å². The molecule has 8 aromatic rings. The van der Waals surface area contributed by atoms with Gasteiger partial charge >= 0.3 is 0 Å². The minimum absolute atomic E-state index is 0.264. The molecule has 60 heavy (non-hydrogen) atoms. The number of hydrogen-bond acceptors (Lipinski definition) is 3. The Morgan fingerprint density at radius 3 is 1.78 bits per heavy atom. The molecular formula is C57H41N3. The summed E-state index contributed by atoms with van der Waals surface area (Å²) in [7, 11) is 0. The van der Waals surface area contributed by atoms with Crippen LogP contribution in [0.4, 0.5) is 17.1 Å². The maximum atomic E-state index is 6.72. The number of nitrogens with two attached hydrogens (primary N) is 1. The van der Waals surface area contributed by atoms with E-state index >= 15 is 0 Å². The first-order valence-corrected chi connectivity index (χ1v) is 20.6. The average molecular weight is 768 g/mol. The molecule has 0 amide bonds. The van der Waals surface area contributed by atoms with Crippen LogP contribution in [-0.2, 0) is 5.41 Å². The molecule has 2 aliphatic carbocycles. The summed E-state index contributed by atoms with van der Waals surface area (Å²) < 4.78 is 0. The Morgan fingerprint density at radius 1 is 0.500 bits per heavy atom. The summed E-state index contributed by atoms with van der Waals surface area (Å²) >= 11 is 0. The van der Waals surface area contributed by atoms with E-state index in [9.17, 15) is 0 Å². The molecule has 1 atom stereocenters. The molecule has 0 bridgehead atoms. The number of nitrogens with zero attached hydrogens (tertiary/aromatic N) is 2. The fraction of sp³-hybridized carbons (Fsp3) is 0.0351. The van der Waals surface area contributed by atoms with Gasteiger partial charge in [0.2, 0.25) is 0 Å². The van der Waals surface area contributed by atoms with E-state index in [1.165, 1.54) is 50.3 Å². The first kappa shape index (κ1) is 35.6. The fourth-order valence-electron chi connectivity index (χ4n) is 9.70. The van der Waals surface area contributed by atoms with Crippen LogP contribution in [0.5, 0.6) is 0 Å². The molecule has 284 valence electrons. The van der Waals surface area contributed by atoms with Crippen LogP contribution in [0, 0.1) is 0 Å². The Bertz CT molecular complexity index is 3000. The van der Waals surface area contributed by atoms with Crippen molar-refractivity contribution in [2.24, 2.45) is 10.7 Å². The van der Waals surface area contributed by atoms with E-state index in [-0.39, 0.29) is 6.04 Å². The topological polar surface area (TPSA) is 41.6 Å². The number of benzene rings is 8. The van der Waals surface area contributed by atoms with Gasteiger partial charge in [-0.05, 0) is 91.5 Å². The lowest BCUT2D eigenvalue weighted by Gasteiger charge is -2.45. The van der Waals surface area contributed by atoms with Gasteiger partial charge in [0.25, 0.3) is 0 Å². The third-order valence-electron chi connectivity index (χ3n) is 12.4. The number of rotatable bonds is 6. The Labute approximate surface area is 351 Å². The quantitative estimate of drug-likeness (QED) is 0.171. The van der Waals surface area contributed by atoms with Gasteiger partial charge in [0, 0.05) is 23.0 Å². The van der Waals surface area contributed by atoms with Crippen molar-refractivity contribution in [3.63, 3.8) is 0 Å². The van der Waals surface area contributed by atoms with Crippen molar-refractivity contribution in [2.45, 2.75) is 11.5 Å². The number of fused-ring (bicyclic) bond motifs is 9. The zero-order valence-corrected chi connectivity index (χ0v) is 33.0. The molecule has 1 unspecified atom stereocenters. The minimum atomic E-state index is -0.538. The lowest BCUT2D eigenvalue weighted by atomic mass is 9.64. The van der Waals surface area contributed by atoms with E-state index in [2.05, 4.69) is 205 Å². The normalized spacial score (nSPS) is 16.4. The van der Waals surface area contributed by atoms with E-state index < -0.39 is 5.41 Å². The molecule has 3 heteroatoms. The first-order chi connectivity index (χ1) is 29.7. The van der Waals surface area contributed by atoms with Crippen LogP contribution in [-0.4, -0.2) is 12.3 Å². The van der Waals surface area contributed by atoms with Crippen molar-refractivity contribution >= 4 is 29.0 Å². The Morgan fingerprint density at radius 2 is 1.07 bits per heavy atom. The van der Waals surface area contributed by atoms with E-state index in [0.717, 1.165) is 44.8 Å². The van der Waals surface area contributed by atoms with Gasteiger partial charge in [-0.25, -0.2) is 0 Å². The highest BCUT2D eigenvalue weighted by atomic mass is 15.2. The van der Waals surface area contributed by atoms with Gasteiger partial charge in [-0.15, -0.1) is 0 Å². The van der Waals surface area contributed by atoms with Crippen LogP contribution < -0.4 is 10.6 Å². The molecule has 0 saturated carbocycles. The van der Waals surface area contributed by atoms with Gasteiger partial charge < -0.3 is 10.6 Å². The molecule has 11 rings (SSSR count). The zero-order valence-electron chi connectivity index (χ0n) is 33.0. The number of aliphatic imine (C=N–C) groups is 1. The van der Waals surface area contributed by atoms with Gasteiger partial charge in [-0.2, -0.15) is 0 Å². The molecule has 0 fully saturated rings. The monoisotopic (exact) mass is 767 g/mol. The second-order valence-corrected chi connectivity index (χ2v) is 15.6. The molecule has 3 aliphatic rings. The maximum Gasteiger partial charge on any atom is 0.0754 e. The Kier molecular flexibility index (Phi) is 8.69. The van der Waals surface area contributed by atoms with E-state index in [4.69, 9.17) is 10.7 Å². The zero-order chi connectivity index (χ0) is 40.0. The number of allylic oxidation sites excluding steroid dienone is 2. The molecule has 1 heterocycles. The van der Waals surface area contributed by atoms with Crippen molar-refractivity contribution in [3.05, 3.63) is 263 Å². The lowest BCUT2D eigenvalue weighted by Crippen LogP contribution is -2.36. The highest BCUT2D eigenvalue weighted by Crippen LogP contribution is 2.63. The van der Waals surface area contributed by atoms with Crippen molar-refractivity contribution in [1.29, 1.82) is 0 Å². The molecular weight excluding hydrogens is 727 g/mol. The van der Waals surface area contributed by atoms with Crippen LogP contribution >= 0.6 is 0 Å². The first-order valence-electron chi connectivity index (χ1n) is 20.6. The second-order valence-electron chi connectivity index (χ2n) is 15.6. The highest BCUT2D eigenvalue weighted by Gasteiger charge is 2.51. The predicted octanol–water partition coefficient (Wildman–Crippen LogP) is 13.5. The van der Waals surface area contributed by atoms with Gasteiger partial charge in [0.15, 0.2) is 0 Å². The molecule has 1 spiro atoms. The Hall–Kier alpha value is -7.59. The number of para-hydroxylation sites is 3. The molecule has 0 saturated heterocycles. The summed E-state index contributed by atoms with van der Waals surface area (Å²) in [6, 6.07) is 72.2. The third kappa shape index (κ3) is 5.66. The largest absolute Gasteiger partial charge is 0.321 e. The van der Waals surface area contributed by atoms with E-state index in [0.29, 0.717) is 0 Å². The Balaban J connectivity index is 1.07. The SMILES string of the molecule is NC1C=CC=C/C1=C(/N=C/c1ccccc1-c1ccc2c(c1)C1(c3ccccc3-2)c2ccccc2N(c2ccccc2)c2ccccc21)c1ccc(-c2ccccc2)cc1. The molecule has 2 N–H and O–H groups in total.